The van der Waals surface area contributed by atoms with E-state index in [-0.39, 0.29) is 12.5 Å². The maximum atomic E-state index is 11.1. The zero-order valence-corrected chi connectivity index (χ0v) is 10.7. The zero-order chi connectivity index (χ0) is 13.0. The summed E-state index contributed by atoms with van der Waals surface area (Å²) in [5.41, 5.74) is 13.9. The standard InChI is InChI=1S/C13H21N3O/c1-9(2)7-16(8-13(15)17)12-6-4-5-11(14)10(12)3/h4-6,9H,7-8,14H2,1-3H3,(H2,15,17). The molecule has 1 rings (SSSR count). The van der Waals surface area contributed by atoms with Gasteiger partial charge in [-0.3, -0.25) is 4.79 Å². The highest BCUT2D eigenvalue weighted by Crippen LogP contribution is 2.25. The summed E-state index contributed by atoms with van der Waals surface area (Å²) >= 11 is 0. The van der Waals surface area contributed by atoms with Gasteiger partial charge in [-0.2, -0.15) is 0 Å². The van der Waals surface area contributed by atoms with E-state index in [0.29, 0.717) is 5.92 Å². The summed E-state index contributed by atoms with van der Waals surface area (Å²) in [6.45, 7) is 7.18. The van der Waals surface area contributed by atoms with Crippen molar-refractivity contribution in [1.29, 1.82) is 0 Å². The molecule has 4 heteroatoms. The van der Waals surface area contributed by atoms with Crippen molar-refractivity contribution >= 4 is 17.3 Å². The van der Waals surface area contributed by atoms with Gasteiger partial charge in [-0.15, -0.1) is 0 Å². The largest absolute Gasteiger partial charge is 0.398 e. The van der Waals surface area contributed by atoms with E-state index in [2.05, 4.69) is 13.8 Å². The van der Waals surface area contributed by atoms with Gasteiger partial charge in [-0.25, -0.2) is 0 Å². The minimum Gasteiger partial charge on any atom is -0.398 e. The van der Waals surface area contributed by atoms with Crippen LogP contribution in [0.3, 0.4) is 0 Å². The lowest BCUT2D eigenvalue weighted by Gasteiger charge is -2.27. The van der Waals surface area contributed by atoms with E-state index in [1.165, 1.54) is 0 Å². The fourth-order valence-electron chi connectivity index (χ4n) is 1.86. The summed E-state index contributed by atoms with van der Waals surface area (Å²) in [6.07, 6.45) is 0. The SMILES string of the molecule is Cc1c(N)cccc1N(CC(N)=O)CC(C)C. The molecule has 0 atom stereocenters. The van der Waals surface area contributed by atoms with Gasteiger partial charge >= 0.3 is 0 Å². The number of benzene rings is 1. The molecule has 0 aliphatic heterocycles. The summed E-state index contributed by atoms with van der Waals surface area (Å²) in [5.74, 6) is 0.127. The molecule has 0 aromatic heterocycles. The number of hydrogen-bond donors (Lipinski definition) is 2. The molecule has 17 heavy (non-hydrogen) atoms. The van der Waals surface area contributed by atoms with E-state index in [1.807, 2.05) is 30.0 Å². The number of hydrogen-bond acceptors (Lipinski definition) is 3. The van der Waals surface area contributed by atoms with Crippen LogP contribution in [0.15, 0.2) is 18.2 Å². The number of rotatable bonds is 5. The van der Waals surface area contributed by atoms with E-state index in [1.54, 1.807) is 0 Å². The van der Waals surface area contributed by atoms with Crippen molar-refractivity contribution in [3.05, 3.63) is 23.8 Å². The third-order valence-corrected chi connectivity index (χ3v) is 2.62. The molecule has 0 heterocycles. The first kappa shape index (κ1) is 13.4. The minimum absolute atomic E-state index is 0.225. The fourth-order valence-corrected chi connectivity index (χ4v) is 1.86. The van der Waals surface area contributed by atoms with E-state index in [4.69, 9.17) is 11.5 Å². The maximum absolute atomic E-state index is 11.1. The van der Waals surface area contributed by atoms with Crippen molar-refractivity contribution < 1.29 is 4.79 Å². The molecule has 94 valence electrons. The number of nitrogens with two attached hydrogens (primary N) is 2. The van der Waals surface area contributed by atoms with Gasteiger partial charge in [-0.05, 0) is 30.5 Å². The molecular formula is C13H21N3O. The Morgan fingerprint density at radius 2 is 2.06 bits per heavy atom. The molecule has 4 N–H and O–H groups in total. The van der Waals surface area contributed by atoms with Gasteiger partial charge in [0.05, 0.1) is 6.54 Å². The average Bonchev–Trinajstić information content (AvgIpc) is 2.19. The lowest BCUT2D eigenvalue weighted by atomic mass is 10.1. The van der Waals surface area contributed by atoms with Crippen molar-refractivity contribution in [2.24, 2.45) is 11.7 Å². The van der Waals surface area contributed by atoms with Crippen molar-refractivity contribution in [2.75, 3.05) is 23.7 Å². The van der Waals surface area contributed by atoms with E-state index >= 15 is 0 Å². The number of carbonyl (C=O) groups is 1. The van der Waals surface area contributed by atoms with Crippen molar-refractivity contribution in [3.63, 3.8) is 0 Å². The normalized spacial score (nSPS) is 10.6. The second-order valence-corrected chi connectivity index (χ2v) is 4.73. The Morgan fingerprint density at radius 1 is 1.41 bits per heavy atom. The van der Waals surface area contributed by atoms with Gasteiger partial charge in [0.2, 0.25) is 5.91 Å². The molecule has 4 nitrogen and oxygen atoms in total. The average molecular weight is 235 g/mol. The Kier molecular flexibility index (Phi) is 4.37. The van der Waals surface area contributed by atoms with Crippen LogP contribution in [0.1, 0.15) is 19.4 Å². The van der Waals surface area contributed by atoms with Crippen LogP contribution in [0.2, 0.25) is 0 Å². The lowest BCUT2D eigenvalue weighted by Crippen LogP contribution is -2.36. The molecule has 0 aliphatic rings. The van der Waals surface area contributed by atoms with Crippen LogP contribution in [-0.2, 0) is 4.79 Å². The zero-order valence-electron chi connectivity index (χ0n) is 10.7. The Bertz CT molecular complexity index is 402. The maximum Gasteiger partial charge on any atom is 0.236 e. The monoisotopic (exact) mass is 235 g/mol. The van der Waals surface area contributed by atoms with Gasteiger partial charge in [0.1, 0.15) is 0 Å². The highest BCUT2D eigenvalue weighted by Gasteiger charge is 2.14. The number of nitrogens with zero attached hydrogens (tertiary/aromatic N) is 1. The number of nitrogen functional groups attached to an aromatic ring is 1. The lowest BCUT2D eigenvalue weighted by molar-refractivity contribution is -0.116. The molecule has 0 fully saturated rings. The van der Waals surface area contributed by atoms with Crippen molar-refractivity contribution in [2.45, 2.75) is 20.8 Å². The van der Waals surface area contributed by atoms with Crippen LogP contribution in [0, 0.1) is 12.8 Å². The molecule has 1 aromatic rings. The number of anilines is 2. The summed E-state index contributed by atoms with van der Waals surface area (Å²) in [6, 6.07) is 5.72. The van der Waals surface area contributed by atoms with Crippen molar-refractivity contribution in [3.8, 4) is 0 Å². The highest BCUT2D eigenvalue weighted by molar-refractivity contribution is 5.80. The molecule has 0 radical (unpaired) electrons. The Hall–Kier alpha value is -1.71. The summed E-state index contributed by atoms with van der Waals surface area (Å²) in [7, 11) is 0. The van der Waals surface area contributed by atoms with E-state index in [0.717, 1.165) is 23.5 Å². The van der Waals surface area contributed by atoms with Crippen LogP contribution in [-0.4, -0.2) is 19.0 Å². The smallest absolute Gasteiger partial charge is 0.236 e. The van der Waals surface area contributed by atoms with E-state index in [9.17, 15) is 4.79 Å². The molecule has 0 spiro atoms. The second-order valence-electron chi connectivity index (χ2n) is 4.73. The third kappa shape index (κ3) is 3.66. The van der Waals surface area contributed by atoms with Crippen molar-refractivity contribution in [1.82, 2.24) is 0 Å². The molecular weight excluding hydrogens is 214 g/mol. The molecule has 0 bridgehead atoms. The van der Waals surface area contributed by atoms with Gasteiger partial charge in [0.15, 0.2) is 0 Å². The predicted molar refractivity (Wildman–Crippen MR) is 71.8 cm³/mol. The molecule has 0 saturated carbocycles. The van der Waals surface area contributed by atoms with Crippen LogP contribution in [0.4, 0.5) is 11.4 Å². The van der Waals surface area contributed by atoms with Crippen LogP contribution < -0.4 is 16.4 Å². The highest BCUT2D eigenvalue weighted by atomic mass is 16.1. The number of amides is 1. The molecule has 0 aliphatic carbocycles. The summed E-state index contributed by atoms with van der Waals surface area (Å²) in [4.78, 5) is 13.1. The molecule has 1 amide bonds. The summed E-state index contributed by atoms with van der Waals surface area (Å²) < 4.78 is 0. The topological polar surface area (TPSA) is 72.3 Å². The van der Waals surface area contributed by atoms with Gasteiger partial charge < -0.3 is 16.4 Å². The quantitative estimate of drug-likeness (QED) is 0.760. The van der Waals surface area contributed by atoms with Crippen LogP contribution in [0.5, 0.6) is 0 Å². The molecule has 0 unspecified atom stereocenters. The van der Waals surface area contributed by atoms with E-state index < -0.39 is 0 Å². The predicted octanol–water partition coefficient (Wildman–Crippen LogP) is 1.52. The Morgan fingerprint density at radius 3 is 2.59 bits per heavy atom. The second kappa shape index (κ2) is 5.57. The van der Waals surface area contributed by atoms with Crippen LogP contribution in [0.25, 0.3) is 0 Å². The van der Waals surface area contributed by atoms with Crippen LogP contribution >= 0.6 is 0 Å². The Labute approximate surface area is 103 Å². The van der Waals surface area contributed by atoms with Gasteiger partial charge in [0, 0.05) is 17.9 Å². The Balaban J connectivity index is 3.03. The summed E-state index contributed by atoms with van der Waals surface area (Å²) in [5, 5.41) is 0. The first-order valence-electron chi connectivity index (χ1n) is 5.80. The van der Waals surface area contributed by atoms with Gasteiger partial charge in [-0.1, -0.05) is 19.9 Å². The molecule has 1 aromatic carbocycles. The number of primary amides is 1. The minimum atomic E-state index is -0.326. The van der Waals surface area contributed by atoms with Gasteiger partial charge in [0.25, 0.3) is 0 Å². The third-order valence-electron chi connectivity index (χ3n) is 2.62. The first-order chi connectivity index (χ1) is 7.91. The fraction of sp³-hybridized carbons (Fsp3) is 0.462. The first-order valence-corrected chi connectivity index (χ1v) is 5.80. The molecule has 0 saturated heterocycles. The number of carbonyl (C=O) groups excluding carboxylic acids is 1.